The zero-order valence-corrected chi connectivity index (χ0v) is 18.9. The Morgan fingerprint density at radius 3 is 2.74 bits per heavy atom. The Kier molecular flexibility index (Phi) is 5.88. The molecular formula is C23H26N6O5. The Morgan fingerprint density at radius 2 is 2.00 bits per heavy atom. The van der Waals surface area contributed by atoms with Crippen LogP contribution in [0.25, 0.3) is 11.2 Å². The zero-order valence-electron chi connectivity index (χ0n) is 18.9. The first kappa shape index (κ1) is 22.2. The van der Waals surface area contributed by atoms with Crippen LogP contribution in [-0.2, 0) is 20.8 Å². The summed E-state index contributed by atoms with van der Waals surface area (Å²) < 4.78 is 13.8. The average molecular weight is 466 g/mol. The number of carbonyl (C=O) groups is 2. The van der Waals surface area contributed by atoms with Gasteiger partial charge in [-0.2, -0.15) is 0 Å². The van der Waals surface area contributed by atoms with Gasteiger partial charge in [0.25, 0.3) is 0 Å². The molecule has 4 heterocycles. The lowest BCUT2D eigenvalue weighted by Crippen LogP contribution is -2.41. The summed E-state index contributed by atoms with van der Waals surface area (Å²) >= 11 is 0. The molecule has 2 aromatic heterocycles. The van der Waals surface area contributed by atoms with Gasteiger partial charge in [-0.3, -0.25) is 14.3 Å². The van der Waals surface area contributed by atoms with E-state index in [0.717, 1.165) is 5.56 Å². The summed E-state index contributed by atoms with van der Waals surface area (Å²) in [4.78, 5) is 39.6. The minimum Gasteiger partial charge on any atom is -0.439 e. The fourth-order valence-corrected chi connectivity index (χ4v) is 4.46. The second-order valence-corrected chi connectivity index (χ2v) is 8.72. The van der Waals surface area contributed by atoms with Crippen LogP contribution in [-0.4, -0.2) is 66.4 Å². The van der Waals surface area contributed by atoms with Gasteiger partial charge in [0.05, 0.1) is 12.4 Å². The molecule has 3 aromatic rings. The van der Waals surface area contributed by atoms with E-state index in [9.17, 15) is 14.7 Å². The van der Waals surface area contributed by atoms with E-state index in [4.69, 9.17) is 9.47 Å². The first-order chi connectivity index (χ1) is 16.5. The SMILES string of the molecule is CC(C)C(=O)Nc1ncnc2c1ncn2[C@@H]1O[C@H](CCO)[C@@H]2[C@H]1OC(=O)N2Cc1ccccc1. The summed E-state index contributed by atoms with van der Waals surface area (Å²) in [5.41, 5.74) is 1.82. The molecule has 11 heteroatoms. The number of benzene rings is 1. The van der Waals surface area contributed by atoms with Gasteiger partial charge in [-0.1, -0.05) is 44.2 Å². The lowest BCUT2D eigenvalue weighted by molar-refractivity contribution is -0.118. The van der Waals surface area contributed by atoms with E-state index in [0.29, 0.717) is 29.9 Å². The summed E-state index contributed by atoms with van der Waals surface area (Å²) in [7, 11) is 0. The number of ether oxygens (including phenoxy) is 2. The van der Waals surface area contributed by atoms with E-state index >= 15 is 0 Å². The Morgan fingerprint density at radius 1 is 1.21 bits per heavy atom. The highest BCUT2D eigenvalue weighted by molar-refractivity contribution is 5.97. The topological polar surface area (TPSA) is 132 Å². The van der Waals surface area contributed by atoms with Gasteiger partial charge in [0, 0.05) is 19.1 Å². The van der Waals surface area contributed by atoms with Crippen LogP contribution in [0.5, 0.6) is 0 Å². The number of aromatic nitrogens is 4. The molecule has 0 spiro atoms. The molecule has 4 atom stereocenters. The van der Waals surface area contributed by atoms with Crippen LogP contribution in [0, 0.1) is 5.92 Å². The molecule has 2 saturated heterocycles. The molecule has 5 rings (SSSR count). The number of imidazole rings is 1. The van der Waals surface area contributed by atoms with Crippen LogP contribution in [0.1, 0.15) is 32.1 Å². The van der Waals surface area contributed by atoms with E-state index < -0.39 is 24.5 Å². The summed E-state index contributed by atoms with van der Waals surface area (Å²) in [6, 6.07) is 9.26. The predicted molar refractivity (Wildman–Crippen MR) is 120 cm³/mol. The number of carbonyl (C=O) groups excluding carboxylic acids is 2. The van der Waals surface area contributed by atoms with Crippen LogP contribution < -0.4 is 5.32 Å². The number of nitrogens with zero attached hydrogens (tertiary/aromatic N) is 5. The van der Waals surface area contributed by atoms with E-state index in [1.54, 1.807) is 29.6 Å². The van der Waals surface area contributed by atoms with Crippen LogP contribution in [0.2, 0.25) is 0 Å². The average Bonchev–Trinajstić information content (AvgIpc) is 3.49. The normalized spacial score (nSPS) is 24.0. The second-order valence-electron chi connectivity index (χ2n) is 8.72. The molecule has 11 nitrogen and oxygen atoms in total. The van der Waals surface area contributed by atoms with Crippen molar-refractivity contribution in [1.29, 1.82) is 0 Å². The summed E-state index contributed by atoms with van der Waals surface area (Å²) in [5.74, 6) is -0.104. The highest BCUT2D eigenvalue weighted by Gasteiger charge is 2.56. The number of aliphatic hydroxyl groups excluding tert-OH is 1. The fraction of sp³-hybridized carbons (Fsp3) is 0.435. The van der Waals surface area contributed by atoms with Crippen molar-refractivity contribution in [2.45, 2.75) is 51.3 Å². The van der Waals surface area contributed by atoms with Crippen molar-refractivity contribution < 1.29 is 24.2 Å². The molecule has 178 valence electrons. The van der Waals surface area contributed by atoms with Crippen molar-refractivity contribution in [3.8, 4) is 0 Å². The largest absolute Gasteiger partial charge is 0.439 e. The van der Waals surface area contributed by atoms with Crippen molar-refractivity contribution in [2.75, 3.05) is 11.9 Å². The molecule has 2 fully saturated rings. The summed E-state index contributed by atoms with van der Waals surface area (Å²) in [6.45, 7) is 3.86. The molecule has 2 aliphatic heterocycles. The molecule has 2 aliphatic rings. The number of amides is 2. The minimum atomic E-state index is -0.695. The maximum Gasteiger partial charge on any atom is 0.411 e. The number of nitrogens with one attached hydrogen (secondary N) is 1. The molecule has 2 amide bonds. The van der Waals surface area contributed by atoms with E-state index in [2.05, 4.69) is 20.3 Å². The van der Waals surface area contributed by atoms with Gasteiger partial charge in [-0.15, -0.1) is 0 Å². The van der Waals surface area contributed by atoms with Gasteiger partial charge in [0.2, 0.25) is 5.91 Å². The number of anilines is 1. The van der Waals surface area contributed by atoms with Crippen LogP contribution in [0.3, 0.4) is 0 Å². The molecule has 1 aromatic carbocycles. The Labute approximate surface area is 195 Å². The zero-order chi connectivity index (χ0) is 23.8. The summed E-state index contributed by atoms with van der Waals surface area (Å²) in [5, 5.41) is 12.4. The molecule has 0 radical (unpaired) electrons. The van der Waals surface area contributed by atoms with Gasteiger partial charge in [-0.05, 0) is 12.0 Å². The lowest BCUT2D eigenvalue weighted by Gasteiger charge is -2.24. The maximum atomic E-state index is 12.8. The van der Waals surface area contributed by atoms with Gasteiger partial charge >= 0.3 is 6.09 Å². The molecule has 2 N–H and O–H groups in total. The van der Waals surface area contributed by atoms with Gasteiger partial charge in [-0.25, -0.2) is 19.7 Å². The molecule has 34 heavy (non-hydrogen) atoms. The lowest BCUT2D eigenvalue weighted by atomic mass is 10.0. The molecule has 0 aliphatic carbocycles. The Bertz CT molecular complexity index is 1200. The maximum absolute atomic E-state index is 12.8. The number of fused-ring (bicyclic) bond motifs is 2. The number of rotatable bonds is 7. The monoisotopic (exact) mass is 466 g/mol. The van der Waals surface area contributed by atoms with Crippen molar-refractivity contribution in [1.82, 2.24) is 24.4 Å². The third-order valence-corrected chi connectivity index (χ3v) is 6.15. The highest BCUT2D eigenvalue weighted by atomic mass is 16.6. The highest BCUT2D eigenvalue weighted by Crippen LogP contribution is 2.42. The number of hydrogen-bond acceptors (Lipinski definition) is 8. The number of hydrogen-bond donors (Lipinski definition) is 2. The first-order valence-corrected chi connectivity index (χ1v) is 11.2. The molecule has 0 unspecified atom stereocenters. The molecular weight excluding hydrogens is 440 g/mol. The standard InChI is InChI=1S/C23H26N6O5/c1-13(2)21(31)27-19-16-20(25-11-24-19)29(12-26-16)22-18-17(15(33-22)8-9-30)28(23(32)34-18)10-14-6-4-3-5-7-14/h3-7,11-13,15,17-18,22,30H,8-10H2,1-2H3,(H,24,25,27,31)/t15-,17-,18-,22-/m1/s1. The predicted octanol–water partition coefficient (Wildman–Crippen LogP) is 2.09. The first-order valence-electron chi connectivity index (χ1n) is 11.2. The van der Waals surface area contributed by atoms with E-state index in [1.807, 2.05) is 30.3 Å². The third-order valence-electron chi connectivity index (χ3n) is 6.15. The van der Waals surface area contributed by atoms with Crippen LogP contribution in [0.15, 0.2) is 43.0 Å². The number of aliphatic hydroxyl groups is 1. The van der Waals surface area contributed by atoms with Gasteiger partial charge < -0.3 is 19.9 Å². The summed E-state index contributed by atoms with van der Waals surface area (Å²) in [6.07, 6.45) is 1.05. The third kappa shape index (κ3) is 3.86. The van der Waals surface area contributed by atoms with E-state index in [1.165, 1.54) is 6.33 Å². The van der Waals surface area contributed by atoms with Gasteiger partial charge in [0.15, 0.2) is 29.3 Å². The quantitative estimate of drug-likeness (QED) is 0.541. The minimum absolute atomic E-state index is 0.0911. The fourth-order valence-electron chi connectivity index (χ4n) is 4.46. The van der Waals surface area contributed by atoms with Crippen LogP contribution >= 0.6 is 0 Å². The van der Waals surface area contributed by atoms with Crippen molar-refractivity contribution in [3.63, 3.8) is 0 Å². The second kappa shape index (κ2) is 8.99. The Balaban J connectivity index is 1.47. The van der Waals surface area contributed by atoms with E-state index in [-0.39, 0.29) is 24.5 Å². The van der Waals surface area contributed by atoms with Gasteiger partial charge in [0.1, 0.15) is 12.4 Å². The smallest absolute Gasteiger partial charge is 0.411 e. The molecule has 0 bridgehead atoms. The van der Waals surface area contributed by atoms with Crippen molar-refractivity contribution in [2.24, 2.45) is 5.92 Å². The van der Waals surface area contributed by atoms with Crippen LogP contribution in [0.4, 0.5) is 10.6 Å². The molecule has 0 saturated carbocycles. The van der Waals surface area contributed by atoms with Crippen molar-refractivity contribution in [3.05, 3.63) is 48.5 Å². The van der Waals surface area contributed by atoms with Crippen molar-refractivity contribution >= 4 is 29.0 Å². The Hall–Kier alpha value is -3.57.